The molecule has 5 heteroatoms. The molecular formula is C17H13N2O2S+. The highest BCUT2D eigenvalue weighted by molar-refractivity contribution is 7.15. The summed E-state index contributed by atoms with van der Waals surface area (Å²) in [6, 6.07) is 12.7. The Morgan fingerprint density at radius 3 is 2.77 bits per heavy atom. The number of hydrogen-bond donors (Lipinski definition) is 1. The summed E-state index contributed by atoms with van der Waals surface area (Å²) in [5.74, 6) is 1.63. The van der Waals surface area contributed by atoms with Crippen molar-refractivity contribution in [2.24, 2.45) is 0 Å². The van der Waals surface area contributed by atoms with E-state index in [4.69, 9.17) is 15.2 Å². The number of anilines is 1. The van der Waals surface area contributed by atoms with Gasteiger partial charge < -0.3 is 9.47 Å². The van der Waals surface area contributed by atoms with Gasteiger partial charge in [0, 0.05) is 12.0 Å². The molecule has 0 saturated carbocycles. The lowest BCUT2D eigenvalue weighted by atomic mass is 10.00. The molecule has 4 nitrogen and oxygen atoms in total. The molecule has 0 radical (unpaired) electrons. The molecule has 5 rings (SSSR count). The third-order valence-electron chi connectivity index (χ3n) is 4.19. The summed E-state index contributed by atoms with van der Waals surface area (Å²) < 4.78 is 10.8. The first-order valence-corrected chi connectivity index (χ1v) is 7.93. The second-order valence-electron chi connectivity index (χ2n) is 5.51. The molecule has 0 spiro atoms. The molecule has 1 aliphatic heterocycles. The van der Waals surface area contributed by atoms with E-state index >= 15 is 0 Å². The third-order valence-corrected chi connectivity index (χ3v) is 5.11. The van der Waals surface area contributed by atoms with E-state index in [2.05, 4.69) is 29.2 Å². The van der Waals surface area contributed by atoms with Crippen molar-refractivity contribution in [2.45, 2.75) is 6.42 Å². The maximum Gasteiger partial charge on any atom is 0.330 e. The number of hydrogen-bond acceptors (Lipinski definition) is 4. The molecule has 2 heterocycles. The number of thiazole rings is 1. The maximum absolute atomic E-state index is 5.86. The standard InChI is InChI=1S/C17H12N2O2S/c18-17-19-16-12-3-1-9(5-11(12)7-15(16)22-17)10-2-4-13-14(6-10)21-8-20-13/h1-6H,7-8H2,(H2,18,19)/p+1. The average molecular weight is 309 g/mol. The number of nitrogens with two attached hydrogens (primary N) is 1. The number of aromatic amines is 1. The van der Waals surface area contributed by atoms with Crippen LogP contribution in [0.4, 0.5) is 5.13 Å². The number of nitrogens with one attached hydrogen (secondary N) is 1. The lowest BCUT2D eigenvalue weighted by molar-refractivity contribution is -0.340. The summed E-state index contributed by atoms with van der Waals surface area (Å²) in [6.45, 7) is 0.306. The Hall–Kier alpha value is -2.53. The molecule has 0 unspecified atom stereocenters. The molecule has 108 valence electrons. The van der Waals surface area contributed by atoms with Crippen LogP contribution >= 0.6 is 11.3 Å². The molecule has 1 aliphatic carbocycles. The second kappa shape index (κ2) is 4.24. The van der Waals surface area contributed by atoms with Gasteiger partial charge in [-0.1, -0.05) is 29.5 Å². The van der Waals surface area contributed by atoms with E-state index < -0.39 is 0 Å². The molecule has 0 bridgehead atoms. The normalized spacial score (nSPS) is 14.0. The monoisotopic (exact) mass is 309 g/mol. The number of ether oxygens (including phenoxy) is 2. The lowest BCUT2D eigenvalue weighted by Gasteiger charge is -2.06. The molecule has 0 saturated heterocycles. The predicted octanol–water partition coefficient (Wildman–Crippen LogP) is 3.11. The Labute approximate surface area is 131 Å². The Balaban J connectivity index is 1.59. The minimum absolute atomic E-state index is 0.306. The van der Waals surface area contributed by atoms with Crippen LogP contribution in [-0.2, 0) is 6.42 Å². The van der Waals surface area contributed by atoms with Gasteiger partial charge in [-0.15, -0.1) is 0 Å². The summed E-state index contributed by atoms with van der Waals surface area (Å²) >= 11 is 1.64. The first-order chi connectivity index (χ1) is 10.8. The van der Waals surface area contributed by atoms with Crippen molar-refractivity contribution < 1.29 is 14.5 Å². The average Bonchev–Trinajstić information content (AvgIpc) is 3.19. The molecule has 3 N–H and O–H groups in total. The summed E-state index contributed by atoms with van der Waals surface area (Å²) in [5.41, 5.74) is 12.0. The van der Waals surface area contributed by atoms with E-state index in [1.807, 2.05) is 12.1 Å². The van der Waals surface area contributed by atoms with Crippen molar-refractivity contribution in [2.75, 3.05) is 12.5 Å². The highest BCUT2D eigenvalue weighted by Crippen LogP contribution is 2.41. The molecule has 2 aliphatic rings. The first-order valence-electron chi connectivity index (χ1n) is 7.12. The van der Waals surface area contributed by atoms with E-state index in [0.29, 0.717) is 6.79 Å². The first kappa shape index (κ1) is 12.1. The lowest BCUT2D eigenvalue weighted by Crippen LogP contribution is -2.06. The number of rotatable bonds is 1. The predicted molar refractivity (Wildman–Crippen MR) is 85.1 cm³/mol. The number of fused-ring (bicyclic) bond motifs is 4. The molecule has 3 aromatic rings. The van der Waals surface area contributed by atoms with Gasteiger partial charge in [0.05, 0.1) is 4.88 Å². The van der Waals surface area contributed by atoms with Crippen molar-refractivity contribution in [3.8, 4) is 33.9 Å². The van der Waals surface area contributed by atoms with Gasteiger partial charge in [-0.05, 0) is 34.9 Å². The van der Waals surface area contributed by atoms with Gasteiger partial charge in [-0.2, -0.15) is 0 Å². The zero-order valence-corrected chi connectivity index (χ0v) is 12.5. The third kappa shape index (κ3) is 1.66. The van der Waals surface area contributed by atoms with Crippen molar-refractivity contribution in [1.82, 2.24) is 0 Å². The van der Waals surface area contributed by atoms with Crippen LogP contribution < -0.4 is 20.2 Å². The van der Waals surface area contributed by atoms with E-state index in [1.54, 1.807) is 11.3 Å². The molecule has 0 amide bonds. The number of aromatic nitrogens is 1. The van der Waals surface area contributed by atoms with Gasteiger partial charge in [0.1, 0.15) is 5.69 Å². The summed E-state index contributed by atoms with van der Waals surface area (Å²) in [5, 5.41) is 0.774. The highest BCUT2D eigenvalue weighted by atomic mass is 32.1. The second-order valence-corrected chi connectivity index (χ2v) is 6.64. The van der Waals surface area contributed by atoms with Gasteiger partial charge in [0.2, 0.25) is 6.79 Å². The number of benzene rings is 2. The van der Waals surface area contributed by atoms with Crippen LogP contribution in [0.2, 0.25) is 0 Å². The Morgan fingerprint density at radius 1 is 1.00 bits per heavy atom. The molecule has 1 aromatic heterocycles. The highest BCUT2D eigenvalue weighted by Gasteiger charge is 2.26. The van der Waals surface area contributed by atoms with Gasteiger partial charge in [-0.25, -0.2) is 4.98 Å². The van der Waals surface area contributed by atoms with Gasteiger partial charge in [0.25, 0.3) is 0 Å². The number of H-pyrrole nitrogens is 1. The Morgan fingerprint density at radius 2 is 1.82 bits per heavy atom. The van der Waals surface area contributed by atoms with Gasteiger partial charge in [-0.3, -0.25) is 5.73 Å². The van der Waals surface area contributed by atoms with Crippen molar-refractivity contribution in [1.29, 1.82) is 0 Å². The fourth-order valence-electron chi connectivity index (χ4n) is 3.16. The minimum atomic E-state index is 0.306. The van der Waals surface area contributed by atoms with E-state index in [0.717, 1.165) is 28.6 Å². The smallest absolute Gasteiger partial charge is 0.330 e. The summed E-state index contributed by atoms with van der Waals surface area (Å²) in [6.07, 6.45) is 0.946. The quantitative estimate of drug-likeness (QED) is 0.588. The molecule has 22 heavy (non-hydrogen) atoms. The van der Waals surface area contributed by atoms with Crippen LogP contribution in [0.25, 0.3) is 22.4 Å². The van der Waals surface area contributed by atoms with Crippen LogP contribution in [0.1, 0.15) is 10.4 Å². The summed E-state index contributed by atoms with van der Waals surface area (Å²) in [4.78, 5) is 4.58. The van der Waals surface area contributed by atoms with Crippen molar-refractivity contribution >= 4 is 16.5 Å². The topological polar surface area (TPSA) is 58.6 Å². The Kier molecular flexibility index (Phi) is 2.32. The van der Waals surface area contributed by atoms with Crippen LogP contribution in [0.15, 0.2) is 36.4 Å². The fraction of sp³-hybridized carbons (Fsp3) is 0.118. The van der Waals surface area contributed by atoms with E-state index in [1.165, 1.54) is 27.3 Å². The van der Waals surface area contributed by atoms with Gasteiger partial charge >= 0.3 is 5.13 Å². The number of nitrogen functional groups attached to an aromatic ring is 1. The van der Waals surface area contributed by atoms with Crippen LogP contribution in [-0.4, -0.2) is 6.79 Å². The van der Waals surface area contributed by atoms with Crippen molar-refractivity contribution in [3.63, 3.8) is 0 Å². The zero-order valence-electron chi connectivity index (χ0n) is 11.7. The Bertz CT molecular complexity index is 917. The fourth-order valence-corrected chi connectivity index (χ4v) is 4.07. The maximum atomic E-state index is 5.86. The van der Waals surface area contributed by atoms with Crippen LogP contribution in [0, 0.1) is 0 Å². The van der Waals surface area contributed by atoms with Crippen molar-refractivity contribution in [3.05, 3.63) is 46.8 Å². The minimum Gasteiger partial charge on any atom is -0.454 e. The molecule has 0 fully saturated rings. The molecular weight excluding hydrogens is 296 g/mol. The summed E-state index contributed by atoms with van der Waals surface area (Å²) in [7, 11) is 0. The van der Waals surface area contributed by atoms with Gasteiger partial charge in [0.15, 0.2) is 11.5 Å². The molecule has 2 aromatic carbocycles. The van der Waals surface area contributed by atoms with E-state index in [-0.39, 0.29) is 0 Å². The van der Waals surface area contributed by atoms with Crippen LogP contribution in [0.3, 0.4) is 0 Å². The molecule has 0 atom stereocenters. The SMILES string of the molecule is Nc1[nH+]c2c(s1)Cc1cc(-c3ccc4c(c3)OCO4)ccc1-2. The largest absolute Gasteiger partial charge is 0.454 e. The van der Waals surface area contributed by atoms with Crippen LogP contribution in [0.5, 0.6) is 11.5 Å². The zero-order chi connectivity index (χ0) is 14.7. The van der Waals surface area contributed by atoms with E-state index in [9.17, 15) is 0 Å².